The first-order valence-corrected chi connectivity index (χ1v) is 11.5. The molecule has 0 bridgehead atoms. The van der Waals surface area contributed by atoms with E-state index in [2.05, 4.69) is 46.2 Å². The highest BCUT2D eigenvalue weighted by molar-refractivity contribution is 7.13. The van der Waals surface area contributed by atoms with Gasteiger partial charge in [-0.15, -0.1) is 11.3 Å². The second-order valence-corrected chi connectivity index (χ2v) is 8.82. The first-order valence-electron chi connectivity index (χ1n) is 10.6. The minimum absolute atomic E-state index is 0.738. The van der Waals surface area contributed by atoms with Crippen LogP contribution in [0.1, 0.15) is 39.3 Å². The van der Waals surface area contributed by atoms with Crippen molar-refractivity contribution in [2.45, 2.75) is 40.0 Å². The third-order valence-electron chi connectivity index (χ3n) is 5.18. The zero-order valence-electron chi connectivity index (χ0n) is 17.3. The minimum Gasteiger partial charge on any atom is -0.357 e. The number of piperazine rings is 1. The smallest absolute Gasteiger partial charge is 0.194 e. The Morgan fingerprint density at radius 1 is 1.19 bits per heavy atom. The van der Waals surface area contributed by atoms with Gasteiger partial charge in [-0.2, -0.15) is 0 Å². The van der Waals surface area contributed by atoms with Crippen molar-refractivity contribution in [3.8, 4) is 0 Å². The molecule has 0 spiro atoms. The first-order chi connectivity index (χ1) is 13.2. The van der Waals surface area contributed by atoms with E-state index in [1.54, 1.807) is 11.3 Å². The van der Waals surface area contributed by atoms with Crippen LogP contribution in [-0.2, 0) is 6.42 Å². The summed E-state index contributed by atoms with van der Waals surface area (Å²) in [5, 5.41) is 6.88. The summed E-state index contributed by atoms with van der Waals surface area (Å²) < 4.78 is 0. The molecule has 0 saturated carbocycles. The lowest BCUT2D eigenvalue weighted by atomic mass is 10.2. The Balaban J connectivity index is 1.49. The van der Waals surface area contributed by atoms with Crippen LogP contribution in [-0.4, -0.2) is 79.6 Å². The fraction of sp³-hybridized carbons (Fsp3) is 0.800. The number of nitrogens with zero attached hydrogens (tertiary/aromatic N) is 5. The van der Waals surface area contributed by atoms with Crippen LogP contribution in [0.4, 0.5) is 5.13 Å². The van der Waals surface area contributed by atoms with Crippen LogP contribution in [0.15, 0.2) is 10.4 Å². The molecular formula is C20H36N6S. The van der Waals surface area contributed by atoms with Gasteiger partial charge in [0.25, 0.3) is 0 Å². The number of guanidine groups is 1. The lowest BCUT2D eigenvalue weighted by Crippen LogP contribution is -2.53. The Morgan fingerprint density at radius 2 is 1.93 bits per heavy atom. The second-order valence-electron chi connectivity index (χ2n) is 7.98. The van der Waals surface area contributed by atoms with E-state index >= 15 is 0 Å². The van der Waals surface area contributed by atoms with Gasteiger partial charge in [0, 0.05) is 70.7 Å². The molecule has 0 amide bonds. The highest BCUT2D eigenvalue weighted by Crippen LogP contribution is 2.24. The fourth-order valence-corrected chi connectivity index (χ4v) is 4.74. The predicted molar refractivity (Wildman–Crippen MR) is 116 cm³/mol. The molecule has 27 heavy (non-hydrogen) atoms. The largest absolute Gasteiger partial charge is 0.357 e. The van der Waals surface area contributed by atoms with E-state index in [1.165, 1.54) is 43.3 Å². The van der Waals surface area contributed by atoms with Gasteiger partial charge in [-0.25, -0.2) is 4.98 Å². The Kier molecular flexibility index (Phi) is 7.76. The maximum Gasteiger partial charge on any atom is 0.194 e. The topological polar surface area (TPSA) is 47.0 Å². The van der Waals surface area contributed by atoms with Gasteiger partial charge >= 0.3 is 0 Å². The van der Waals surface area contributed by atoms with Crippen molar-refractivity contribution in [2.75, 3.05) is 63.8 Å². The van der Waals surface area contributed by atoms with Gasteiger partial charge in [0.1, 0.15) is 0 Å². The van der Waals surface area contributed by atoms with Crippen LogP contribution >= 0.6 is 11.3 Å². The molecular weight excluding hydrogens is 356 g/mol. The third-order valence-corrected chi connectivity index (χ3v) is 6.13. The van der Waals surface area contributed by atoms with Gasteiger partial charge in [0.05, 0.1) is 5.69 Å². The molecule has 7 heteroatoms. The molecule has 0 aromatic carbocycles. The summed E-state index contributed by atoms with van der Waals surface area (Å²) in [5.74, 6) is 1.80. The van der Waals surface area contributed by atoms with Crippen molar-refractivity contribution in [3.63, 3.8) is 0 Å². The van der Waals surface area contributed by atoms with Crippen LogP contribution in [0.3, 0.4) is 0 Å². The quantitative estimate of drug-likeness (QED) is 0.571. The van der Waals surface area contributed by atoms with Crippen LogP contribution < -0.4 is 10.2 Å². The lowest BCUT2D eigenvalue weighted by Gasteiger charge is -2.37. The number of thiazole rings is 1. The van der Waals surface area contributed by atoms with Crippen LogP contribution in [0.5, 0.6) is 0 Å². The Hall–Kier alpha value is -1.34. The number of hydrogen-bond donors (Lipinski definition) is 1. The van der Waals surface area contributed by atoms with E-state index in [0.717, 1.165) is 57.6 Å². The van der Waals surface area contributed by atoms with E-state index in [4.69, 9.17) is 9.98 Å². The molecule has 2 fully saturated rings. The number of aromatic nitrogens is 1. The number of nitrogens with one attached hydrogen (secondary N) is 1. The average molecular weight is 393 g/mol. The maximum absolute atomic E-state index is 4.89. The predicted octanol–water partition coefficient (Wildman–Crippen LogP) is 2.52. The molecule has 0 radical (unpaired) electrons. The highest BCUT2D eigenvalue weighted by atomic mass is 32.1. The Morgan fingerprint density at radius 3 is 2.59 bits per heavy atom. The SMILES string of the molecule is CCNC(=NCCc1csc(N2CCCC2)n1)N1CCN(CC(C)C)CC1. The van der Waals surface area contributed by atoms with E-state index in [9.17, 15) is 0 Å². The van der Waals surface area contributed by atoms with Gasteiger partial charge in [0.15, 0.2) is 11.1 Å². The fourth-order valence-electron chi connectivity index (χ4n) is 3.83. The summed E-state index contributed by atoms with van der Waals surface area (Å²) in [6, 6.07) is 0. The molecule has 2 aliphatic heterocycles. The molecule has 6 nitrogen and oxygen atoms in total. The lowest BCUT2D eigenvalue weighted by molar-refractivity contribution is 0.164. The number of aliphatic imine (C=N–C) groups is 1. The summed E-state index contributed by atoms with van der Waals surface area (Å²) in [5.41, 5.74) is 1.18. The van der Waals surface area contributed by atoms with Crippen LogP contribution in [0, 0.1) is 5.92 Å². The molecule has 152 valence electrons. The average Bonchev–Trinajstić information content (AvgIpc) is 3.33. The zero-order chi connectivity index (χ0) is 19.1. The number of rotatable bonds is 7. The van der Waals surface area contributed by atoms with Crippen molar-refractivity contribution >= 4 is 22.4 Å². The van der Waals surface area contributed by atoms with Crippen LogP contribution in [0.25, 0.3) is 0 Å². The summed E-state index contributed by atoms with van der Waals surface area (Å²) >= 11 is 1.78. The van der Waals surface area contributed by atoms with Crippen molar-refractivity contribution in [2.24, 2.45) is 10.9 Å². The van der Waals surface area contributed by atoms with E-state index in [-0.39, 0.29) is 0 Å². The normalized spacial score (nSPS) is 19.3. The van der Waals surface area contributed by atoms with E-state index in [0.29, 0.717) is 0 Å². The van der Waals surface area contributed by atoms with Crippen molar-refractivity contribution in [1.82, 2.24) is 20.1 Å². The van der Waals surface area contributed by atoms with Crippen molar-refractivity contribution < 1.29 is 0 Å². The standard InChI is InChI=1S/C20H36N6S/c1-4-21-19(25-13-11-24(12-14-25)15-17(2)3)22-8-7-18-16-27-20(23-18)26-9-5-6-10-26/h16-17H,4-15H2,1-3H3,(H,21,22). The Labute approximate surface area is 168 Å². The summed E-state index contributed by atoms with van der Waals surface area (Å²) in [7, 11) is 0. The summed E-state index contributed by atoms with van der Waals surface area (Å²) in [6.07, 6.45) is 3.53. The summed E-state index contributed by atoms with van der Waals surface area (Å²) in [4.78, 5) is 17.1. The van der Waals surface area contributed by atoms with Crippen LogP contribution in [0.2, 0.25) is 0 Å². The molecule has 2 aliphatic rings. The molecule has 3 heterocycles. The first kappa shape index (κ1) is 20.4. The number of hydrogen-bond acceptors (Lipinski definition) is 5. The molecule has 1 aromatic heterocycles. The van der Waals surface area contributed by atoms with E-state index in [1.807, 2.05) is 0 Å². The highest BCUT2D eigenvalue weighted by Gasteiger charge is 2.20. The monoisotopic (exact) mass is 392 g/mol. The molecule has 2 saturated heterocycles. The second kappa shape index (κ2) is 10.3. The van der Waals surface area contributed by atoms with Crippen molar-refractivity contribution in [3.05, 3.63) is 11.1 Å². The minimum atomic E-state index is 0.738. The molecule has 0 aliphatic carbocycles. The Bertz CT molecular complexity index is 585. The maximum atomic E-state index is 4.89. The molecule has 0 atom stereocenters. The van der Waals surface area contributed by atoms with Crippen molar-refractivity contribution in [1.29, 1.82) is 0 Å². The molecule has 0 unspecified atom stereocenters. The van der Waals surface area contributed by atoms with Gasteiger partial charge in [-0.1, -0.05) is 13.8 Å². The van der Waals surface area contributed by atoms with Gasteiger partial charge < -0.3 is 15.1 Å². The third kappa shape index (κ3) is 6.07. The molecule has 1 aromatic rings. The summed E-state index contributed by atoms with van der Waals surface area (Å²) in [6.45, 7) is 16.4. The molecule has 1 N–H and O–H groups in total. The number of anilines is 1. The zero-order valence-corrected chi connectivity index (χ0v) is 18.1. The van der Waals surface area contributed by atoms with E-state index < -0.39 is 0 Å². The molecule has 3 rings (SSSR count). The van der Waals surface area contributed by atoms with Gasteiger partial charge in [-0.3, -0.25) is 9.89 Å². The van der Waals surface area contributed by atoms with Gasteiger partial charge in [-0.05, 0) is 25.7 Å². The van der Waals surface area contributed by atoms with Gasteiger partial charge in [0.2, 0.25) is 0 Å².